The van der Waals surface area contributed by atoms with Gasteiger partial charge in [-0.1, -0.05) is 29.8 Å². The van der Waals surface area contributed by atoms with Crippen molar-refractivity contribution in [3.8, 4) is 0 Å². The number of halogens is 1. The molecule has 2 fully saturated rings. The quantitative estimate of drug-likeness (QED) is 0.810. The molecule has 2 heterocycles. The van der Waals surface area contributed by atoms with Gasteiger partial charge in [-0.3, -0.25) is 14.6 Å². The van der Waals surface area contributed by atoms with Gasteiger partial charge in [-0.15, -0.1) is 0 Å². The van der Waals surface area contributed by atoms with Crippen molar-refractivity contribution < 1.29 is 9.59 Å². The Morgan fingerprint density at radius 1 is 1.25 bits per heavy atom. The van der Waals surface area contributed by atoms with Gasteiger partial charge < -0.3 is 10.6 Å². The van der Waals surface area contributed by atoms with Crippen molar-refractivity contribution in [3.63, 3.8) is 0 Å². The molecule has 1 aromatic rings. The molecule has 1 unspecified atom stereocenters. The molecule has 1 atom stereocenters. The Morgan fingerprint density at radius 2 is 2.00 bits per heavy atom. The van der Waals surface area contributed by atoms with Gasteiger partial charge in [0.2, 0.25) is 0 Å². The Labute approximate surface area is 147 Å². The second kappa shape index (κ2) is 6.70. The van der Waals surface area contributed by atoms with Gasteiger partial charge in [-0.2, -0.15) is 0 Å². The van der Waals surface area contributed by atoms with Gasteiger partial charge in [0.1, 0.15) is 5.54 Å². The van der Waals surface area contributed by atoms with E-state index in [0.29, 0.717) is 13.1 Å². The Hall–Kier alpha value is -1.63. The van der Waals surface area contributed by atoms with Gasteiger partial charge in [0.25, 0.3) is 5.91 Å². The maximum atomic E-state index is 12.3. The molecular formula is C17H23ClN4O2. The summed E-state index contributed by atoms with van der Waals surface area (Å²) in [5.41, 5.74) is 0.256. The molecule has 0 aliphatic carbocycles. The van der Waals surface area contributed by atoms with Crippen LogP contribution in [0.1, 0.15) is 25.5 Å². The number of carbonyl (C=O) groups is 2. The highest BCUT2D eigenvalue weighted by molar-refractivity contribution is 6.31. The molecule has 7 heteroatoms. The maximum absolute atomic E-state index is 12.3. The molecule has 2 aliphatic rings. The summed E-state index contributed by atoms with van der Waals surface area (Å²) < 4.78 is 0. The number of benzene rings is 1. The highest BCUT2D eigenvalue weighted by Crippen LogP contribution is 2.28. The van der Waals surface area contributed by atoms with E-state index in [2.05, 4.69) is 15.5 Å². The van der Waals surface area contributed by atoms with Gasteiger partial charge in [0.05, 0.1) is 0 Å². The summed E-state index contributed by atoms with van der Waals surface area (Å²) >= 11 is 6.35. The van der Waals surface area contributed by atoms with Crippen LogP contribution in [0.15, 0.2) is 24.3 Å². The lowest BCUT2D eigenvalue weighted by molar-refractivity contribution is -0.130. The summed E-state index contributed by atoms with van der Waals surface area (Å²) in [5, 5.41) is 6.85. The SMILES string of the molecule is CC1(C)NC(=O)N(CCN2CCNCC2c2ccccc2Cl)C1=O. The monoisotopic (exact) mass is 350 g/mol. The molecule has 0 saturated carbocycles. The van der Waals surface area contributed by atoms with E-state index >= 15 is 0 Å². The highest BCUT2D eigenvalue weighted by Gasteiger charge is 2.44. The second-order valence-corrected chi connectivity index (χ2v) is 7.20. The minimum absolute atomic E-state index is 0.140. The van der Waals surface area contributed by atoms with Crippen molar-refractivity contribution in [1.29, 1.82) is 0 Å². The van der Waals surface area contributed by atoms with E-state index in [0.717, 1.165) is 30.2 Å². The van der Waals surface area contributed by atoms with Gasteiger partial charge in [-0.25, -0.2) is 4.79 Å². The van der Waals surface area contributed by atoms with Crippen molar-refractivity contribution in [3.05, 3.63) is 34.9 Å². The van der Waals surface area contributed by atoms with Crippen LogP contribution in [0.3, 0.4) is 0 Å². The zero-order chi connectivity index (χ0) is 17.3. The summed E-state index contributed by atoms with van der Waals surface area (Å²) in [7, 11) is 0. The Balaban J connectivity index is 1.70. The van der Waals surface area contributed by atoms with Crippen LogP contribution in [-0.2, 0) is 4.79 Å². The predicted molar refractivity (Wildman–Crippen MR) is 93.0 cm³/mol. The van der Waals surface area contributed by atoms with Crippen LogP contribution in [0.5, 0.6) is 0 Å². The number of rotatable bonds is 4. The van der Waals surface area contributed by atoms with Crippen LogP contribution in [0.2, 0.25) is 5.02 Å². The number of hydrogen-bond donors (Lipinski definition) is 2. The number of urea groups is 1. The lowest BCUT2D eigenvalue weighted by atomic mass is 10.0. The highest BCUT2D eigenvalue weighted by atomic mass is 35.5. The van der Waals surface area contributed by atoms with Crippen LogP contribution >= 0.6 is 11.6 Å². The van der Waals surface area contributed by atoms with Crippen LogP contribution in [0, 0.1) is 0 Å². The third kappa shape index (κ3) is 3.27. The van der Waals surface area contributed by atoms with E-state index in [1.54, 1.807) is 13.8 Å². The van der Waals surface area contributed by atoms with E-state index in [-0.39, 0.29) is 18.0 Å². The van der Waals surface area contributed by atoms with E-state index in [9.17, 15) is 9.59 Å². The van der Waals surface area contributed by atoms with Crippen molar-refractivity contribution in [2.24, 2.45) is 0 Å². The minimum Gasteiger partial charge on any atom is -0.324 e. The molecule has 130 valence electrons. The van der Waals surface area contributed by atoms with E-state index < -0.39 is 5.54 Å². The van der Waals surface area contributed by atoms with Crippen LogP contribution in [0.4, 0.5) is 4.79 Å². The average molecular weight is 351 g/mol. The standard InChI is InChI=1S/C17H23ClN4O2/c1-17(2)15(23)22(16(24)20-17)10-9-21-8-7-19-11-14(21)12-5-3-4-6-13(12)18/h3-6,14,19H,7-11H2,1-2H3,(H,20,24). The topological polar surface area (TPSA) is 64.7 Å². The normalized spacial score (nSPS) is 24.3. The summed E-state index contributed by atoms with van der Waals surface area (Å²) in [6.45, 7) is 7.00. The van der Waals surface area contributed by atoms with Gasteiger partial charge in [0, 0.05) is 43.8 Å². The fourth-order valence-electron chi connectivity index (χ4n) is 3.32. The lowest BCUT2D eigenvalue weighted by Crippen LogP contribution is -2.49. The Bertz CT molecular complexity index is 649. The molecule has 2 saturated heterocycles. The third-order valence-corrected chi connectivity index (χ3v) is 5.02. The van der Waals surface area contributed by atoms with E-state index in [1.165, 1.54) is 4.90 Å². The van der Waals surface area contributed by atoms with Crippen LogP contribution < -0.4 is 10.6 Å². The first-order valence-corrected chi connectivity index (χ1v) is 8.61. The Morgan fingerprint density at radius 3 is 2.67 bits per heavy atom. The van der Waals surface area contributed by atoms with Crippen molar-refractivity contribution in [1.82, 2.24) is 20.4 Å². The second-order valence-electron chi connectivity index (χ2n) is 6.79. The number of nitrogens with one attached hydrogen (secondary N) is 2. The molecule has 0 aromatic heterocycles. The summed E-state index contributed by atoms with van der Waals surface area (Å²) in [4.78, 5) is 27.9. The molecule has 24 heavy (non-hydrogen) atoms. The minimum atomic E-state index is -0.817. The zero-order valence-electron chi connectivity index (χ0n) is 14.0. The molecule has 2 aliphatic heterocycles. The number of nitrogens with zero attached hydrogens (tertiary/aromatic N) is 2. The molecule has 0 radical (unpaired) electrons. The Kier molecular flexibility index (Phi) is 4.80. The molecule has 1 aromatic carbocycles. The zero-order valence-corrected chi connectivity index (χ0v) is 14.8. The molecule has 6 nitrogen and oxygen atoms in total. The van der Waals surface area contributed by atoms with E-state index in [1.807, 2.05) is 24.3 Å². The predicted octanol–water partition coefficient (Wildman–Crippen LogP) is 1.62. The van der Waals surface area contributed by atoms with Crippen molar-refractivity contribution >= 4 is 23.5 Å². The summed E-state index contributed by atoms with van der Waals surface area (Å²) in [6.07, 6.45) is 0. The van der Waals surface area contributed by atoms with Gasteiger partial charge in [-0.05, 0) is 25.5 Å². The molecular weight excluding hydrogens is 328 g/mol. The lowest BCUT2D eigenvalue weighted by Gasteiger charge is -2.37. The first-order valence-electron chi connectivity index (χ1n) is 8.23. The number of piperazine rings is 1. The molecule has 3 amide bonds. The maximum Gasteiger partial charge on any atom is 0.325 e. The number of hydrogen-bond acceptors (Lipinski definition) is 4. The van der Waals surface area contributed by atoms with Crippen molar-refractivity contribution in [2.45, 2.75) is 25.4 Å². The van der Waals surface area contributed by atoms with E-state index in [4.69, 9.17) is 11.6 Å². The molecule has 0 bridgehead atoms. The van der Waals surface area contributed by atoms with Gasteiger partial charge >= 0.3 is 6.03 Å². The van der Waals surface area contributed by atoms with Crippen LogP contribution in [0.25, 0.3) is 0 Å². The first kappa shape index (κ1) is 17.2. The third-order valence-electron chi connectivity index (χ3n) is 4.67. The fourth-order valence-corrected chi connectivity index (χ4v) is 3.58. The van der Waals surface area contributed by atoms with Crippen molar-refractivity contribution in [2.75, 3.05) is 32.7 Å². The number of carbonyl (C=O) groups excluding carboxylic acids is 2. The van der Waals surface area contributed by atoms with Crippen LogP contribution in [-0.4, -0.2) is 60.0 Å². The molecule has 2 N–H and O–H groups in total. The van der Waals surface area contributed by atoms with Gasteiger partial charge in [0.15, 0.2) is 0 Å². The molecule has 0 spiro atoms. The summed E-state index contributed by atoms with van der Waals surface area (Å²) in [5.74, 6) is -0.170. The summed E-state index contributed by atoms with van der Waals surface area (Å²) in [6, 6.07) is 7.65. The largest absolute Gasteiger partial charge is 0.325 e. The molecule has 3 rings (SSSR count). The average Bonchev–Trinajstić information content (AvgIpc) is 2.74. The first-order chi connectivity index (χ1) is 11.4. The number of amides is 3. The smallest absolute Gasteiger partial charge is 0.324 e. The number of imide groups is 1. The fraction of sp³-hybridized carbons (Fsp3) is 0.529.